The van der Waals surface area contributed by atoms with Crippen molar-refractivity contribution in [1.29, 1.82) is 0 Å². The van der Waals surface area contributed by atoms with Crippen LogP contribution in [0.1, 0.15) is 40.5 Å². The molecule has 0 aliphatic carbocycles. The Morgan fingerprint density at radius 1 is 1.36 bits per heavy atom. The van der Waals surface area contributed by atoms with Crippen LogP contribution >= 0.6 is 11.8 Å². The molecular formula is C11H25NOS. The van der Waals surface area contributed by atoms with E-state index in [0.29, 0.717) is 5.25 Å². The number of aliphatic hydroxyl groups is 1. The number of hydrogen-bond acceptors (Lipinski definition) is 3. The van der Waals surface area contributed by atoms with Gasteiger partial charge in [-0.3, -0.25) is 0 Å². The molecule has 0 bridgehead atoms. The summed E-state index contributed by atoms with van der Waals surface area (Å²) in [5.74, 6) is 1.01. The van der Waals surface area contributed by atoms with Crippen molar-refractivity contribution in [2.75, 3.05) is 12.4 Å². The molecule has 2 nitrogen and oxygen atoms in total. The molecule has 0 amide bonds. The highest BCUT2D eigenvalue weighted by molar-refractivity contribution is 8.00. The molecule has 14 heavy (non-hydrogen) atoms. The molecule has 0 heterocycles. The van der Waals surface area contributed by atoms with Gasteiger partial charge in [-0.25, -0.2) is 0 Å². The number of rotatable bonds is 6. The highest BCUT2D eigenvalue weighted by Crippen LogP contribution is 2.33. The van der Waals surface area contributed by atoms with Crippen molar-refractivity contribution >= 4 is 11.8 Å². The van der Waals surface area contributed by atoms with Gasteiger partial charge in [0, 0.05) is 17.9 Å². The lowest BCUT2D eigenvalue weighted by Gasteiger charge is -2.34. The number of nitrogens with two attached hydrogens (primary N) is 1. The van der Waals surface area contributed by atoms with E-state index in [9.17, 15) is 0 Å². The second-order valence-electron chi connectivity index (χ2n) is 4.81. The Bertz CT molecular complexity index is 145. The normalized spacial score (nSPS) is 16.7. The summed E-state index contributed by atoms with van der Waals surface area (Å²) in [5.41, 5.74) is 6.35. The molecule has 0 aromatic carbocycles. The lowest BCUT2D eigenvalue weighted by atomic mass is 9.87. The quantitative estimate of drug-likeness (QED) is 0.674. The van der Waals surface area contributed by atoms with Crippen LogP contribution in [0.25, 0.3) is 0 Å². The van der Waals surface area contributed by atoms with Crippen LogP contribution in [0.3, 0.4) is 0 Å². The minimum Gasteiger partial charge on any atom is -0.396 e. The van der Waals surface area contributed by atoms with Gasteiger partial charge in [0.15, 0.2) is 0 Å². The van der Waals surface area contributed by atoms with Crippen LogP contribution < -0.4 is 5.73 Å². The second-order valence-corrected chi connectivity index (χ2v) is 6.06. The van der Waals surface area contributed by atoms with E-state index in [4.69, 9.17) is 10.8 Å². The Morgan fingerprint density at radius 2 is 1.93 bits per heavy atom. The second kappa shape index (κ2) is 6.70. The minimum atomic E-state index is 0.246. The summed E-state index contributed by atoms with van der Waals surface area (Å²) >= 11 is 1.90. The zero-order valence-corrected chi connectivity index (χ0v) is 10.7. The molecule has 0 saturated heterocycles. The molecule has 0 aliphatic heterocycles. The van der Waals surface area contributed by atoms with E-state index in [1.165, 1.54) is 0 Å². The molecule has 0 saturated carbocycles. The summed E-state index contributed by atoms with van der Waals surface area (Å²) in [6.45, 7) is 9.12. The van der Waals surface area contributed by atoms with Crippen molar-refractivity contribution in [3.8, 4) is 0 Å². The average molecular weight is 219 g/mol. The molecule has 86 valence electrons. The highest BCUT2D eigenvalue weighted by Gasteiger charge is 2.29. The van der Waals surface area contributed by atoms with E-state index in [1.807, 2.05) is 11.8 Å². The summed E-state index contributed by atoms with van der Waals surface area (Å²) < 4.78 is 0. The van der Waals surface area contributed by atoms with Gasteiger partial charge >= 0.3 is 0 Å². The van der Waals surface area contributed by atoms with Gasteiger partial charge < -0.3 is 10.8 Å². The molecule has 0 radical (unpaired) electrons. The van der Waals surface area contributed by atoms with Crippen LogP contribution in [0.5, 0.6) is 0 Å². The standard InChI is InChI=1S/C11H25NOS/c1-5-9(12)10(11(2,3)4)14-8-6-7-13/h9-10,13H,5-8,12H2,1-4H3. The fraction of sp³-hybridized carbons (Fsp3) is 1.00. The molecule has 2 unspecified atom stereocenters. The van der Waals surface area contributed by atoms with Crippen LogP contribution in [0, 0.1) is 5.41 Å². The third kappa shape index (κ3) is 5.23. The summed E-state index contributed by atoms with van der Waals surface area (Å²) in [4.78, 5) is 0. The molecule has 0 aliphatic rings. The van der Waals surface area contributed by atoms with Crippen molar-refractivity contribution in [2.24, 2.45) is 11.1 Å². The van der Waals surface area contributed by atoms with Gasteiger partial charge in [0.1, 0.15) is 0 Å². The fourth-order valence-electron chi connectivity index (χ4n) is 1.50. The van der Waals surface area contributed by atoms with E-state index in [1.54, 1.807) is 0 Å². The Morgan fingerprint density at radius 3 is 2.29 bits per heavy atom. The molecule has 2 atom stereocenters. The predicted octanol–water partition coefficient (Wildman–Crippen LogP) is 2.25. The number of aliphatic hydroxyl groups excluding tert-OH is 1. The van der Waals surface area contributed by atoms with E-state index in [0.717, 1.165) is 18.6 Å². The van der Waals surface area contributed by atoms with Gasteiger partial charge in [-0.1, -0.05) is 27.7 Å². The molecule has 0 aromatic rings. The largest absolute Gasteiger partial charge is 0.396 e. The number of hydrogen-bond donors (Lipinski definition) is 2. The highest BCUT2D eigenvalue weighted by atomic mass is 32.2. The van der Waals surface area contributed by atoms with Crippen molar-refractivity contribution in [1.82, 2.24) is 0 Å². The van der Waals surface area contributed by atoms with E-state index in [-0.39, 0.29) is 18.1 Å². The van der Waals surface area contributed by atoms with Gasteiger partial charge in [0.2, 0.25) is 0 Å². The van der Waals surface area contributed by atoms with Gasteiger partial charge in [-0.2, -0.15) is 11.8 Å². The van der Waals surface area contributed by atoms with Crippen molar-refractivity contribution in [3.63, 3.8) is 0 Å². The molecule has 0 spiro atoms. The first-order valence-corrected chi connectivity index (χ1v) is 6.46. The first kappa shape index (κ1) is 14.3. The molecule has 3 N–H and O–H groups in total. The number of thioether (sulfide) groups is 1. The van der Waals surface area contributed by atoms with Crippen molar-refractivity contribution in [3.05, 3.63) is 0 Å². The smallest absolute Gasteiger partial charge is 0.0438 e. The Labute approximate surface area is 92.6 Å². The third-order valence-electron chi connectivity index (χ3n) is 2.31. The summed E-state index contributed by atoms with van der Waals surface area (Å²) in [7, 11) is 0. The molecule has 0 aromatic heterocycles. The zero-order valence-electron chi connectivity index (χ0n) is 9.92. The first-order valence-electron chi connectivity index (χ1n) is 5.41. The minimum absolute atomic E-state index is 0.246. The Balaban J connectivity index is 4.12. The molecular weight excluding hydrogens is 194 g/mol. The van der Waals surface area contributed by atoms with Crippen LogP contribution in [0.4, 0.5) is 0 Å². The predicted molar refractivity (Wildman–Crippen MR) is 65.7 cm³/mol. The SMILES string of the molecule is CCC(N)C(SCCCO)C(C)(C)C. The zero-order chi connectivity index (χ0) is 11.2. The fourth-order valence-corrected chi connectivity index (χ4v) is 2.99. The monoisotopic (exact) mass is 219 g/mol. The molecule has 0 fully saturated rings. The third-order valence-corrected chi connectivity index (χ3v) is 4.25. The van der Waals surface area contributed by atoms with Crippen LogP contribution in [0.15, 0.2) is 0 Å². The van der Waals surface area contributed by atoms with Crippen molar-refractivity contribution in [2.45, 2.75) is 51.8 Å². The van der Waals surface area contributed by atoms with E-state index < -0.39 is 0 Å². The topological polar surface area (TPSA) is 46.2 Å². The maximum absolute atomic E-state index is 8.73. The van der Waals surface area contributed by atoms with Crippen molar-refractivity contribution < 1.29 is 5.11 Å². The maximum Gasteiger partial charge on any atom is 0.0438 e. The maximum atomic E-state index is 8.73. The van der Waals surface area contributed by atoms with Gasteiger partial charge in [-0.15, -0.1) is 0 Å². The average Bonchev–Trinajstić information content (AvgIpc) is 2.09. The molecule has 3 heteroatoms. The Kier molecular flexibility index (Phi) is 6.83. The van der Waals surface area contributed by atoms with Crippen LogP contribution in [0.2, 0.25) is 0 Å². The summed E-state index contributed by atoms with van der Waals surface area (Å²) in [5, 5.41) is 9.22. The summed E-state index contributed by atoms with van der Waals surface area (Å²) in [6.07, 6.45) is 1.89. The first-order chi connectivity index (χ1) is 6.43. The lowest BCUT2D eigenvalue weighted by Crippen LogP contribution is -2.41. The summed E-state index contributed by atoms with van der Waals surface area (Å²) in [6, 6.07) is 0.263. The molecule has 0 rings (SSSR count). The van der Waals surface area contributed by atoms with Crippen LogP contribution in [-0.2, 0) is 0 Å². The van der Waals surface area contributed by atoms with E-state index >= 15 is 0 Å². The van der Waals surface area contributed by atoms with Gasteiger partial charge in [0.25, 0.3) is 0 Å². The van der Waals surface area contributed by atoms with E-state index in [2.05, 4.69) is 27.7 Å². The van der Waals surface area contributed by atoms with Crippen LogP contribution in [-0.4, -0.2) is 28.8 Å². The lowest BCUT2D eigenvalue weighted by molar-refractivity contribution is 0.295. The Hall–Kier alpha value is 0.270. The van der Waals surface area contributed by atoms with Gasteiger partial charge in [-0.05, 0) is 24.0 Å². The van der Waals surface area contributed by atoms with Gasteiger partial charge in [0.05, 0.1) is 0 Å².